The monoisotopic (exact) mass is 447 g/mol. The summed E-state index contributed by atoms with van der Waals surface area (Å²) >= 11 is 5.79. The Labute approximate surface area is 180 Å². The molecule has 0 aliphatic carbocycles. The standard InChI is InChI=1S/C21H22ClN3O4S/c1-3-15-6-4-5-14(2)21(15)24-19(26)11-12-20-23-18(25-29-20)13-30(27,28)17-9-7-16(22)8-10-17/h4-10H,3,11-13H2,1-2H3,(H,24,26). The molecule has 0 aliphatic rings. The molecule has 3 aromatic rings. The summed E-state index contributed by atoms with van der Waals surface area (Å²) in [6, 6.07) is 11.8. The molecule has 0 atom stereocenters. The normalized spacial score (nSPS) is 11.4. The van der Waals surface area contributed by atoms with E-state index in [1.54, 1.807) is 0 Å². The van der Waals surface area contributed by atoms with Crippen molar-refractivity contribution in [2.45, 2.75) is 43.8 Å². The first kappa shape index (κ1) is 22.0. The number of anilines is 1. The van der Waals surface area contributed by atoms with Crippen LogP contribution in [0.3, 0.4) is 0 Å². The number of amides is 1. The zero-order valence-corrected chi connectivity index (χ0v) is 18.3. The van der Waals surface area contributed by atoms with E-state index in [1.165, 1.54) is 24.3 Å². The van der Waals surface area contributed by atoms with Crippen molar-refractivity contribution in [3.63, 3.8) is 0 Å². The number of halogens is 1. The Kier molecular flexibility index (Phi) is 6.89. The van der Waals surface area contributed by atoms with Gasteiger partial charge in [0.2, 0.25) is 11.8 Å². The number of carbonyl (C=O) groups is 1. The summed E-state index contributed by atoms with van der Waals surface area (Å²) in [4.78, 5) is 16.6. The van der Waals surface area contributed by atoms with Crippen LogP contribution >= 0.6 is 11.6 Å². The number of sulfone groups is 1. The number of carbonyl (C=O) groups excluding carboxylic acids is 1. The first-order valence-corrected chi connectivity index (χ1v) is 11.5. The zero-order valence-electron chi connectivity index (χ0n) is 16.7. The Bertz CT molecular complexity index is 1140. The fourth-order valence-electron chi connectivity index (χ4n) is 2.97. The van der Waals surface area contributed by atoms with Gasteiger partial charge < -0.3 is 9.84 Å². The lowest BCUT2D eigenvalue weighted by atomic mass is 10.1. The third-order valence-corrected chi connectivity index (χ3v) is 6.45. The molecular weight excluding hydrogens is 426 g/mol. The van der Waals surface area contributed by atoms with Gasteiger partial charge in [0.15, 0.2) is 15.7 Å². The molecule has 0 radical (unpaired) electrons. The lowest BCUT2D eigenvalue weighted by Gasteiger charge is -2.12. The molecule has 0 aliphatic heterocycles. The van der Waals surface area contributed by atoms with Gasteiger partial charge in [-0.1, -0.05) is 41.9 Å². The van der Waals surface area contributed by atoms with Crippen LogP contribution in [0.25, 0.3) is 0 Å². The number of aryl methyl sites for hydroxylation is 3. The summed E-state index contributed by atoms with van der Waals surface area (Å²) in [5.41, 5.74) is 2.89. The lowest BCUT2D eigenvalue weighted by molar-refractivity contribution is -0.116. The van der Waals surface area contributed by atoms with E-state index in [-0.39, 0.29) is 35.4 Å². The van der Waals surface area contributed by atoms with E-state index in [4.69, 9.17) is 16.1 Å². The van der Waals surface area contributed by atoms with E-state index in [0.717, 1.165) is 23.2 Å². The van der Waals surface area contributed by atoms with Gasteiger partial charge in [-0.15, -0.1) is 0 Å². The van der Waals surface area contributed by atoms with Gasteiger partial charge >= 0.3 is 0 Å². The SMILES string of the molecule is CCc1cccc(C)c1NC(=O)CCc1nc(CS(=O)(=O)c2ccc(Cl)cc2)no1. The van der Waals surface area contributed by atoms with Gasteiger partial charge in [0.05, 0.1) is 4.90 Å². The maximum atomic E-state index is 12.5. The van der Waals surface area contributed by atoms with Crippen molar-refractivity contribution in [1.82, 2.24) is 10.1 Å². The third-order valence-electron chi connectivity index (χ3n) is 4.57. The molecule has 3 rings (SSSR count). The molecule has 0 fully saturated rings. The average molecular weight is 448 g/mol. The van der Waals surface area contributed by atoms with Crippen LogP contribution in [0.5, 0.6) is 0 Å². The Morgan fingerprint density at radius 1 is 1.17 bits per heavy atom. The first-order valence-electron chi connectivity index (χ1n) is 9.46. The van der Waals surface area contributed by atoms with Crippen molar-refractivity contribution in [2.75, 3.05) is 5.32 Å². The van der Waals surface area contributed by atoms with Crippen LogP contribution in [-0.4, -0.2) is 24.5 Å². The molecule has 9 heteroatoms. The van der Waals surface area contributed by atoms with E-state index in [1.807, 2.05) is 32.0 Å². The Morgan fingerprint density at radius 3 is 2.60 bits per heavy atom. The van der Waals surface area contributed by atoms with Gasteiger partial charge in [0.1, 0.15) is 5.75 Å². The van der Waals surface area contributed by atoms with Crippen molar-refractivity contribution >= 4 is 33.0 Å². The summed E-state index contributed by atoms with van der Waals surface area (Å²) in [6.45, 7) is 3.97. The lowest BCUT2D eigenvalue weighted by Crippen LogP contribution is -2.14. The highest BCUT2D eigenvalue weighted by Crippen LogP contribution is 2.22. The van der Waals surface area contributed by atoms with Crippen LogP contribution in [0.1, 0.15) is 36.2 Å². The largest absolute Gasteiger partial charge is 0.339 e. The number of rotatable bonds is 8. The Hall–Kier alpha value is -2.71. The van der Waals surface area contributed by atoms with Crippen molar-refractivity contribution in [1.29, 1.82) is 0 Å². The number of hydrogen-bond donors (Lipinski definition) is 1. The highest BCUT2D eigenvalue weighted by atomic mass is 35.5. The molecule has 2 aromatic carbocycles. The van der Waals surface area contributed by atoms with Crippen LogP contribution < -0.4 is 5.32 Å². The van der Waals surface area contributed by atoms with Gasteiger partial charge in [0, 0.05) is 23.6 Å². The maximum Gasteiger partial charge on any atom is 0.227 e. The van der Waals surface area contributed by atoms with Crippen molar-refractivity contribution in [2.24, 2.45) is 0 Å². The number of nitrogens with zero attached hydrogens (tertiary/aromatic N) is 2. The quantitative estimate of drug-likeness (QED) is 0.556. The molecule has 0 saturated carbocycles. The number of aromatic nitrogens is 2. The van der Waals surface area contributed by atoms with Crippen molar-refractivity contribution in [3.05, 3.63) is 70.3 Å². The van der Waals surface area contributed by atoms with Crippen LogP contribution in [-0.2, 0) is 33.2 Å². The molecule has 0 saturated heterocycles. The van der Waals surface area contributed by atoms with Gasteiger partial charge in [0.25, 0.3) is 0 Å². The average Bonchev–Trinajstić information content (AvgIpc) is 3.15. The summed E-state index contributed by atoms with van der Waals surface area (Å²) in [5, 5.41) is 7.11. The molecular formula is C21H22ClN3O4S. The van der Waals surface area contributed by atoms with E-state index in [9.17, 15) is 13.2 Å². The van der Waals surface area contributed by atoms with Gasteiger partial charge in [-0.2, -0.15) is 4.98 Å². The molecule has 0 unspecified atom stereocenters. The number of nitrogens with one attached hydrogen (secondary N) is 1. The minimum absolute atomic E-state index is 0.0486. The molecule has 1 N–H and O–H groups in total. The fraction of sp³-hybridized carbons (Fsp3) is 0.286. The molecule has 30 heavy (non-hydrogen) atoms. The molecule has 0 bridgehead atoms. The predicted octanol–water partition coefficient (Wildman–Crippen LogP) is 4.14. The molecule has 158 valence electrons. The summed E-state index contributed by atoms with van der Waals surface area (Å²) in [6.07, 6.45) is 1.17. The number of para-hydroxylation sites is 1. The van der Waals surface area contributed by atoms with Gasteiger partial charge in [-0.25, -0.2) is 8.42 Å². The predicted molar refractivity (Wildman–Crippen MR) is 114 cm³/mol. The highest BCUT2D eigenvalue weighted by Gasteiger charge is 2.20. The van der Waals surface area contributed by atoms with Gasteiger partial charge in [-0.3, -0.25) is 4.79 Å². The minimum atomic E-state index is -3.62. The second-order valence-corrected chi connectivity index (χ2v) is 9.25. The van der Waals surface area contributed by atoms with E-state index in [2.05, 4.69) is 15.5 Å². The van der Waals surface area contributed by atoms with Crippen LogP contribution in [0, 0.1) is 6.92 Å². The van der Waals surface area contributed by atoms with E-state index >= 15 is 0 Å². The smallest absolute Gasteiger partial charge is 0.227 e. The number of benzene rings is 2. The second kappa shape index (κ2) is 9.40. The van der Waals surface area contributed by atoms with Crippen molar-refractivity contribution < 1.29 is 17.7 Å². The molecule has 1 aromatic heterocycles. The zero-order chi connectivity index (χ0) is 21.7. The Morgan fingerprint density at radius 2 is 1.90 bits per heavy atom. The van der Waals surface area contributed by atoms with Gasteiger partial charge in [-0.05, 0) is 48.7 Å². The third kappa shape index (κ3) is 5.46. The molecule has 7 nitrogen and oxygen atoms in total. The molecule has 1 amide bonds. The van der Waals surface area contributed by atoms with E-state index < -0.39 is 15.6 Å². The van der Waals surface area contributed by atoms with Crippen LogP contribution in [0.15, 0.2) is 51.9 Å². The van der Waals surface area contributed by atoms with E-state index in [0.29, 0.717) is 5.02 Å². The summed E-state index contributed by atoms with van der Waals surface area (Å²) in [7, 11) is -3.62. The maximum absolute atomic E-state index is 12.5. The summed E-state index contributed by atoms with van der Waals surface area (Å²) in [5.74, 6) is -0.306. The highest BCUT2D eigenvalue weighted by molar-refractivity contribution is 7.90. The molecule has 0 spiro atoms. The van der Waals surface area contributed by atoms with Crippen molar-refractivity contribution in [3.8, 4) is 0 Å². The fourth-order valence-corrected chi connectivity index (χ4v) is 4.27. The Balaban J connectivity index is 1.59. The topological polar surface area (TPSA) is 102 Å². The minimum Gasteiger partial charge on any atom is -0.339 e. The second-order valence-electron chi connectivity index (χ2n) is 6.83. The summed E-state index contributed by atoms with van der Waals surface area (Å²) < 4.78 is 30.0. The molecule has 1 heterocycles. The van der Waals surface area contributed by atoms with Crippen LogP contribution in [0.2, 0.25) is 5.02 Å². The van der Waals surface area contributed by atoms with Crippen LogP contribution in [0.4, 0.5) is 5.69 Å². The number of hydrogen-bond acceptors (Lipinski definition) is 6. The first-order chi connectivity index (χ1) is 14.3.